The second kappa shape index (κ2) is 3.93. The summed E-state index contributed by atoms with van der Waals surface area (Å²) in [6.45, 7) is 0. The van der Waals surface area contributed by atoms with Crippen LogP contribution in [0.2, 0.25) is 0 Å². The number of phenols is 1. The van der Waals surface area contributed by atoms with E-state index in [-0.39, 0.29) is 11.4 Å². The first-order valence-electron chi connectivity index (χ1n) is 4.29. The largest absolute Gasteiger partial charge is 0.507 e. The highest BCUT2D eigenvalue weighted by Crippen LogP contribution is 2.29. The highest BCUT2D eigenvalue weighted by Gasteiger charge is 2.15. The van der Waals surface area contributed by atoms with E-state index >= 15 is 0 Å². The summed E-state index contributed by atoms with van der Waals surface area (Å²) < 4.78 is 0.503. The number of benzene rings is 1. The lowest BCUT2D eigenvalue weighted by Gasteiger charge is -2.00. The van der Waals surface area contributed by atoms with E-state index in [4.69, 9.17) is 5.73 Å². The molecule has 7 heteroatoms. The van der Waals surface area contributed by atoms with Gasteiger partial charge in [0.1, 0.15) is 11.4 Å². The normalized spacial score (nSPS) is 10.3. The number of hydrogen-bond donors (Lipinski definition) is 3. The maximum Gasteiger partial charge on any atom is 0.271 e. The van der Waals surface area contributed by atoms with Crippen LogP contribution in [0.3, 0.4) is 0 Å². The lowest BCUT2D eigenvalue weighted by molar-refractivity contribution is 0.0996. The number of rotatable bonds is 2. The number of carbonyl (C=O) groups is 1. The molecule has 1 aromatic carbocycles. The number of halogens is 1. The quantitative estimate of drug-likeness (QED) is 0.765. The molecule has 0 spiro atoms. The summed E-state index contributed by atoms with van der Waals surface area (Å²) in [6.07, 6.45) is 0. The average Bonchev–Trinajstić information content (AvgIpc) is 2.71. The maximum absolute atomic E-state index is 11.0. The van der Waals surface area contributed by atoms with Crippen molar-refractivity contribution in [3.8, 4) is 17.0 Å². The van der Waals surface area contributed by atoms with E-state index in [9.17, 15) is 9.90 Å². The number of aromatic nitrogens is 3. The smallest absolute Gasteiger partial charge is 0.271 e. The van der Waals surface area contributed by atoms with Crippen LogP contribution in [-0.4, -0.2) is 26.4 Å². The number of carbonyl (C=O) groups excluding carboxylic acids is 1. The van der Waals surface area contributed by atoms with Crippen molar-refractivity contribution < 1.29 is 9.90 Å². The van der Waals surface area contributed by atoms with Gasteiger partial charge >= 0.3 is 0 Å². The van der Waals surface area contributed by atoms with Crippen LogP contribution in [0, 0.1) is 0 Å². The van der Waals surface area contributed by atoms with Crippen molar-refractivity contribution in [2.24, 2.45) is 5.73 Å². The zero-order valence-corrected chi connectivity index (χ0v) is 9.52. The van der Waals surface area contributed by atoms with Crippen molar-refractivity contribution in [1.29, 1.82) is 0 Å². The fourth-order valence-electron chi connectivity index (χ4n) is 1.26. The van der Waals surface area contributed by atoms with Gasteiger partial charge in [-0.1, -0.05) is 0 Å². The van der Waals surface area contributed by atoms with Crippen molar-refractivity contribution in [2.45, 2.75) is 0 Å². The molecule has 4 N–H and O–H groups in total. The molecule has 2 aromatic rings. The summed E-state index contributed by atoms with van der Waals surface area (Å²) >= 11 is 3.17. The molecular weight excluding hydrogens is 276 g/mol. The molecule has 0 bridgehead atoms. The SMILES string of the molecule is NC(=O)c1n[nH]nc1-c1ccc(O)c(Br)c1. The van der Waals surface area contributed by atoms with Crippen LogP contribution >= 0.6 is 15.9 Å². The first kappa shape index (κ1) is 10.6. The fourth-order valence-corrected chi connectivity index (χ4v) is 1.64. The van der Waals surface area contributed by atoms with Gasteiger partial charge in [0.15, 0.2) is 5.69 Å². The number of hydrogen-bond acceptors (Lipinski definition) is 4. The minimum Gasteiger partial charge on any atom is -0.507 e. The van der Waals surface area contributed by atoms with Gasteiger partial charge in [0.2, 0.25) is 0 Å². The van der Waals surface area contributed by atoms with Gasteiger partial charge in [-0.2, -0.15) is 15.4 Å². The molecule has 0 aliphatic heterocycles. The number of nitrogens with zero attached hydrogens (tertiary/aromatic N) is 2. The Kier molecular flexibility index (Phi) is 2.61. The fraction of sp³-hybridized carbons (Fsp3) is 0. The van der Waals surface area contributed by atoms with Gasteiger partial charge < -0.3 is 10.8 Å². The molecule has 0 atom stereocenters. The second-order valence-electron chi connectivity index (χ2n) is 3.05. The van der Waals surface area contributed by atoms with Crippen LogP contribution in [0.25, 0.3) is 11.3 Å². The number of aromatic hydroxyl groups is 1. The number of phenolic OH excluding ortho intramolecular Hbond substituents is 1. The highest BCUT2D eigenvalue weighted by atomic mass is 79.9. The molecule has 82 valence electrons. The molecule has 1 aromatic heterocycles. The third kappa shape index (κ3) is 1.76. The van der Waals surface area contributed by atoms with Crippen molar-refractivity contribution in [2.75, 3.05) is 0 Å². The number of aromatic amines is 1. The van der Waals surface area contributed by atoms with Crippen molar-refractivity contribution in [1.82, 2.24) is 15.4 Å². The van der Waals surface area contributed by atoms with Gasteiger partial charge in [-0.05, 0) is 34.1 Å². The topological polar surface area (TPSA) is 105 Å². The molecule has 0 fully saturated rings. The number of nitrogens with two attached hydrogens (primary N) is 1. The Morgan fingerprint density at radius 3 is 2.81 bits per heavy atom. The van der Waals surface area contributed by atoms with E-state index in [1.54, 1.807) is 12.1 Å². The minimum absolute atomic E-state index is 0.0672. The van der Waals surface area contributed by atoms with Crippen LogP contribution in [0.4, 0.5) is 0 Å². The Morgan fingerprint density at radius 2 is 2.19 bits per heavy atom. The maximum atomic E-state index is 11.0. The zero-order valence-electron chi connectivity index (χ0n) is 7.94. The Labute approximate surface area is 98.6 Å². The molecule has 1 heterocycles. The van der Waals surface area contributed by atoms with E-state index < -0.39 is 5.91 Å². The molecule has 2 rings (SSSR count). The molecule has 1 amide bonds. The molecule has 0 saturated carbocycles. The summed E-state index contributed by atoms with van der Waals surface area (Å²) in [5.41, 5.74) is 6.20. The first-order chi connectivity index (χ1) is 7.59. The molecule has 0 aliphatic carbocycles. The number of amides is 1. The van der Waals surface area contributed by atoms with Crippen LogP contribution < -0.4 is 5.73 Å². The van der Waals surface area contributed by atoms with Gasteiger partial charge in [-0.25, -0.2) is 0 Å². The van der Waals surface area contributed by atoms with Crippen molar-refractivity contribution in [3.05, 3.63) is 28.4 Å². The molecule has 0 unspecified atom stereocenters. The number of primary amides is 1. The molecule has 0 aliphatic rings. The Morgan fingerprint density at radius 1 is 1.44 bits per heavy atom. The van der Waals surface area contributed by atoms with E-state index in [0.717, 1.165) is 0 Å². The van der Waals surface area contributed by atoms with E-state index in [1.807, 2.05) is 0 Å². The number of nitrogens with one attached hydrogen (secondary N) is 1. The third-order valence-electron chi connectivity index (χ3n) is 2.00. The van der Waals surface area contributed by atoms with Gasteiger partial charge in [-0.3, -0.25) is 4.79 Å². The average molecular weight is 283 g/mol. The van der Waals surface area contributed by atoms with E-state index in [0.29, 0.717) is 15.7 Å². The lowest BCUT2D eigenvalue weighted by Crippen LogP contribution is -2.12. The zero-order chi connectivity index (χ0) is 11.7. The monoisotopic (exact) mass is 282 g/mol. The highest BCUT2D eigenvalue weighted by molar-refractivity contribution is 9.10. The Balaban J connectivity index is 2.54. The second-order valence-corrected chi connectivity index (χ2v) is 3.91. The van der Waals surface area contributed by atoms with E-state index in [2.05, 4.69) is 31.3 Å². The van der Waals surface area contributed by atoms with Gasteiger partial charge in [0.05, 0.1) is 4.47 Å². The Bertz CT molecular complexity index is 552. The first-order valence-corrected chi connectivity index (χ1v) is 5.08. The van der Waals surface area contributed by atoms with Crippen LogP contribution in [0.15, 0.2) is 22.7 Å². The molecule has 16 heavy (non-hydrogen) atoms. The third-order valence-corrected chi connectivity index (χ3v) is 2.64. The minimum atomic E-state index is -0.659. The summed E-state index contributed by atoms with van der Waals surface area (Å²) in [5, 5.41) is 19.2. The molecule has 0 saturated heterocycles. The molecular formula is C9H7BrN4O2. The van der Waals surface area contributed by atoms with Gasteiger partial charge in [-0.15, -0.1) is 0 Å². The van der Waals surface area contributed by atoms with Gasteiger partial charge in [0.25, 0.3) is 5.91 Å². The van der Waals surface area contributed by atoms with Crippen LogP contribution in [0.1, 0.15) is 10.5 Å². The van der Waals surface area contributed by atoms with Crippen LogP contribution in [0.5, 0.6) is 5.75 Å². The lowest BCUT2D eigenvalue weighted by atomic mass is 10.1. The Hall–Kier alpha value is -1.89. The standard InChI is InChI=1S/C9H7BrN4O2/c10-5-3-4(1-2-6(5)15)7-8(9(11)16)13-14-12-7/h1-3,15H,(H2,11,16)(H,12,13,14). The molecule has 6 nitrogen and oxygen atoms in total. The van der Waals surface area contributed by atoms with Gasteiger partial charge in [0, 0.05) is 5.56 Å². The summed E-state index contributed by atoms with van der Waals surface area (Å²) in [5.74, 6) is -0.555. The van der Waals surface area contributed by atoms with Crippen molar-refractivity contribution in [3.63, 3.8) is 0 Å². The summed E-state index contributed by atoms with van der Waals surface area (Å²) in [4.78, 5) is 11.0. The predicted octanol–water partition coefficient (Wildman–Crippen LogP) is 1.04. The van der Waals surface area contributed by atoms with Crippen molar-refractivity contribution >= 4 is 21.8 Å². The van der Waals surface area contributed by atoms with Crippen LogP contribution in [-0.2, 0) is 0 Å². The summed E-state index contributed by atoms with van der Waals surface area (Å²) in [6, 6.07) is 4.73. The van der Waals surface area contributed by atoms with E-state index in [1.165, 1.54) is 6.07 Å². The molecule has 0 radical (unpaired) electrons. The summed E-state index contributed by atoms with van der Waals surface area (Å²) in [7, 11) is 0. The predicted molar refractivity (Wildman–Crippen MR) is 59.7 cm³/mol. The number of H-pyrrole nitrogens is 1.